The second kappa shape index (κ2) is 9.25. The maximum Gasteiger partial charge on any atom is 1.00 e. The monoisotopic (exact) mass is 373 g/mol. The molecule has 0 spiro atoms. The van der Waals surface area contributed by atoms with Crippen LogP contribution in [0.3, 0.4) is 0 Å². The number of carbonyl (C=O) groups is 1. The normalized spacial score (nSPS) is 10.9. The first kappa shape index (κ1) is 20.7. The fourth-order valence-corrected chi connectivity index (χ4v) is 2.65. The molecule has 0 radical (unpaired) electrons. The van der Waals surface area contributed by atoms with E-state index in [2.05, 4.69) is 4.72 Å². The van der Waals surface area contributed by atoms with Crippen molar-refractivity contribution in [1.82, 2.24) is 0 Å². The second-order valence-electron chi connectivity index (χ2n) is 4.47. The number of hydrogen-bond donors (Lipinski definition) is 0. The number of hydrogen-bond acceptors (Lipinski definition) is 4. The predicted molar refractivity (Wildman–Crippen MR) is 90.1 cm³/mol. The maximum atomic E-state index is 12.1. The second-order valence-corrected chi connectivity index (χ2v) is 6.39. The van der Waals surface area contributed by atoms with Crippen LogP contribution in [0.4, 0.5) is 0 Å². The molecule has 0 aliphatic heterocycles. The summed E-state index contributed by atoms with van der Waals surface area (Å²) in [7, 11) is -2.70. The Labute approximate surface area is 168 Å². The van der Waals surface area contributed by atoms with Crippen molar-refractivity contribution in [2.45, 2.75) is 0 Å². The van der Waals surface area contributed by atoms with E-state index in [1.807, 2.05) is 6.07 Å². The van der Waals surface area contributed by atoms with Gasteiger partial charge in [-0.3, -0.25) is 0 Å². The fourth-order valence-electron chi connectivity index (χ4n) is 1.77. The molecule has 0 saturated carbocycles. The summed E-state index contributed by atoms with van der Waals surface area (Å²) in [6.07, 6.45) is 1.37. The molecule has 0 aliphatic rings. The van der Waals surface area contributed by atoms with E-state index in [1.54, 1.807) is 24.3 Å². The standard InChI is InChI=1S/C16H14ClNO4S.Na/c1-22-15-11-13(17)7-8-14(15)16(19)18-23(20,21)10-9-12-5-3-2-4-6-12;/h2-11H,1H3,(H,18,19);/q;+1/p-1/b10-9+;. The molecule has 8 heteroatoms. The molecular weight excluding hydrogens is 361 g/mol. The number of carbonyl (C=O) groups excluding carboxylic acids is 1. The SMILES string of the molecule is COc1cc(Cl)ccc1C(=O)[N-]S(=O)(=O)/C=C/c1ccccc1.[Na+]. The van der Waals surface area contributed by atoms with E-state index in [9.17, 15) is 13.2 Å². The summed E-state index contributed by atoms with van der Waals surface area (Å²) in [5.41, 5.74) is 0.705. The van der Waals surface area contributed by atoms with Crippen LogP contribution in [-0.4, -0.2) is 21.4 Å². The number of rotatable bonds is 5. The molecular formula is C16H13ClNNaO4S. The van der Waals surface area contributed by atoms with Gasteiger partial charge in [-0.05, 0) is 29.8 Å². The van der Waals surface area contributed by atoms with Gasteiger partial charge in [0.05, 0.1) is 13.0 Å². The molecule has 2 aromatic rings. The molecule has 0 heterocycles. The van der Waals surface area contributed by atoms with Crippen molar-refractivity contribution in [3.05, 3.63) is 74.8 Å². The average molecular weight is 374 g/mol. The van der Waals surface area contributed by atoms with Crippen LogP contribution >= 0.6 is 11.6 Å². The first-order valence-electron chi connectivity index (χ1n) is 6.50. The molecule has 0 atom stereocenters. The summed E-state index contributed by atoms with van der Waals surface area (Å²) >= 11 is 5.80. The van der Waals surface area contributed by atoms with Gasteiger partial charge in [-0.15, -0.1) is 0 Å². The number of amides is 1. The number of ether oxygens (including phenoxy) is 1. The van der Waals surface area contributed by atoms with E-state index in [-0.39, 0.29) is 40.9 Å². The number of sulfonamides is 1. The molecule has 0 aliphatic carbocycles. The predicted octanol–water partition coefficient (Wildman–Crippen LogP) is 0.867. The molecule has 0 fully saturated rings. The minimum atomic E-state index is -4.06. The van der Waals surface area contributed by atoms with E-state index in [1.165, 1.54) is 31.4 Å². The molecule has 0 aromatic heterocycles. The Morgan fingerprint density at radius 3 is 2.46 bits per heavy atom. The van der Waals surface area contributed by atoms with Crippen LogP contribution < -0.4 is 34.3 Å². The molecule has 2 rings (SSSR count). The van der Waals surface area contributed by atoms with Gasteiger partial charge in [0.2, 0.25) is 0 Å². The zero-order chi connectivity index (χ0) is 16.9. The average Bonchev–Trinajstić information content (AvgIpc) is 2.53. The molecule has 5 nitrogen and oxygen atoms in total. The van der Waals surface area contributed by atoms with Crippen LogP contribution in [0, 0.1) is 0 Å². The Morgan fingerprint density at radius 2 is 1.83 bits per heavy atom. The van der Waals surface area contributed by atoms with Crippen LogP contribution in [0.1, 0.15) is 15.9 Å². The summed E-state index contributed by atoms with van der Waals surface area (Å²) in [4.78, 5) is 12.1. The van der Waals surface area contributed by atoms with Crippen LogP contribution in [0.2, 0.25) is 5.02 Å². The minimum absolute atomic E-state index is 0. The van der Waals surface area contributed by atoms with Crippen molar-refractivity contribution in [3.63, 3.8) is 0 Å². The topological polar surface area (TPSA) is 74.5 Å². The van der Waals surface area contributed by atoms with Crippen molar-refractivity contribution in [2.75, 3.05) is 7.11 Å². The van der Waals surface area contributed by atoms with Gasteiger partial charge in [-0.25, -0.2) is 8.42 Å². The number of methoxy groups -OCH3 is 1. The third-order valence-corrected chi connectivity index (χ3v) is 3.97. The maximum absolute atomic E-state index is 12.1. The molecule has 0 bridgehead atoms. The van der Waals surface area contributed by atoms with Gasteiger partial charge < -0.3 is 14.3 Å². The van der Waals surface area contributed by atoms with Gasteiger partial charge in [0.25, 0.3) is 0 Å². The Balaban J connectivity index is 0.00000288. The molecule has 1 amide bonds. The van der Waals surface area contributed by atoms with Crippen molar-refractivity contribution in [2.24, 2.45) is 0 Å². The van der Waals surface area contributed by atoms with E-state index in [4.69, 9.17) is 16.3 Å². The third-order valence-electron chi connectivity index (χ3n) is 2.84. The third kappa shape index (κ3) is 5.96. The molecule has 0 N–H and O–H groups in total. The van der Waals surface area contributed by atoms with Crippen LogP contribution in [0.15, 0.2) is 53.9 Å². The molecule has 2 aromatic carbocycles. The van der Waals surface area contributed by atoms with Crippen LogP contribution in [-0.2, 0) is 10.0 Å². The summed E-state index contributed by atoms with van der Waals surface area (Å²) in [6.45, 7) is 0. The van der Waals surface area contributed by atoms with Crippen LogP contribution in [0.25, 0.3) is 10.8 Å². The van der Waals surface area contributed by atoms with Crippen LogP contribution in [0.5, 0.6) is 5.75 Å². The summed E-state index contributed by atoms with van der Waals surface area (Å²) in [5, 5.41) is 1.24. The summed E-state index contributed by atoms with van der Waals surface area (Å²) in [6, 6.07) is 13.1. The fraction of sp³-hybridized carbons (Fsp3) is 0.0625. The molecule has 120 valence electrons. The van der Waals surface area contributed by atoms with E-state index in [0.717, 1.165) is 5.41 Å². The zero-order valence-corrected chi connectivity index (χ0v) is 16.7. The van der Waals surface area contributed by atoms with Crippen molar-refractivity contribution in [3.8, 4) is 5.75 Å². The summed E-state index contributed by atoms with van der Waals surface area (Å²) < 4.78 is 32.1. The van der Waals surface area contributed by atoms with Gasteiger partial charge in [0, 0.05) is 16.0 Å². The minimum Gasteiger partial charge on any atom is -0.538 e. The van der Waals surface area contributed by atoms with Gasteiger partial charge in [-0.2, -0.15) is 0 Å². The van der Waals surface area contributed by atoms with E-state index in [0.29, 0.717) is 10.6 Å². The first-order valence-corrected chi connectivity index (χ1v) is 8.38. The molecule has 0 saturated heterocycles. The number of benzene rings is 2. The zero-order valence-electron chi connectivity index (χ0n) is 13.1. The van der Waals surface area contributed by atoms with Gasteiger partial charge >= 0.3 is 29.6 Å². The Morgan fingerprint density at radius 1 is 1.17 bits per heavy atom. The van der Waals surface area contributed by atoms with Gasteiger partial charge in [0.1, 0.15) is 15.8 Å². The van der Waals surface area contributed by atoms with E-state index < -0.39 is 15.9 Å². The summed E-state index contributed by atoms with van der Waals surface area (Å²) in [5.74, 6) is -0.760. The Bertz CT molecular complexity index is 838. The number of halogens is 1. The van der Waals surface area contributed by atoms with Crippen molar-refractivity contribution < 1.29 is 47.5 Å². The number of nitrogens with zero attached hydrogens (tertiary/aromatic N) is 1. The Kier molecular flexibility index (Phi) is 7.99. The van der Waals surface area contributed by atoms with Gasteiger partial charge in [0.15, 0.2) is 0 Å². The van der Waals surface area contributed by atoms with Gasteiger partial charge in [-0.1, -0.05) is 41.9 Å². The quantitative estimate of drug-likeness (QED) is 0.729. The first-order chi connectivity index (χ1) is 10.9. The smallest absolute Gasteiger partial charge is 0.538 e. The van der Waals surface area contributed by atoms with E-state index >= 15 is 0 Å². The molecule has 0 unspecified atom stereocenters. The Hall–Kier alpha value is -1.31. The molecule has 24 heavy (non-hydrogen) atoms. The van der Waals surface area contributed by atoms with Crippen molar-refractivity contribution in [1.29, 1.82) is 0 Å². The largest absolute Gasteiger partial charge is 1.00 e. The van der Waals surface area contributed by atoms with Crippen molar-refractivity contribution >= 4 is 33.6 Å².